The van der Waals surface area contributed by atoms with Crippen molar-refractivity contribution in [3.8, 4) is 0 Å². The van der Waals surface area contributed by atoms with Crippen LogP contribution in [-0.2, 0) is 0 Å². The van der Waals surface area contributed by atoms with Gasteiger partial charge in [0.25, 0.3) is 0 Å². The molecule has 0 amide bonds. The normalized spacial score (nSPS) is 46.0. The number of fused-ring (bicyclic) bond motifs is 5. The van der Waals surface area contributed by atoms with E-state index in [2.05, 4.69) is 61.5 Å². The van der Waals surface area contributed by atoms with Crippen LogP contribution in [0, 0.1) is 51.2 Å². The molecular weight excluding hydrogens is 360 g/mol. The Morgan fingerprint density at radius 3 is 2.30 bits per heavy atom. The first-order valence-corrected chi connectivity index (χ1v) is 13.7. The second-order valence-electron chi connectivity index (χ2n) is 14.1. The molecule has 0 heteroatoms. The summed E-state index contributed by atoms with van der Waals surface area (Å²) in [5.74, 6) is 4.43. The van der Waals surface area contributed by atoms with E-state index in [4.69, 9.17) is 0 Å². The molecule has 0 nitrogen and oxygen atoms in total. The molecule has 4 rings (SSSR count). The van der Waals surface area contributed by atoms with Crippen LogP contribution in [0.1, 0.15) is 126 Å². The number of rotatable bonds is 5. The fourth-order valence-corrected chi connectivity index (χ4v) is 9.87. The number of hydrogen-bond acceptors (Lipinski definition) is 0. The summed E-state index contributed by atoms with van der Waals surface area (Å²) in [6.45, 7) is 20.7. The summed E-state index contributed by atoms with van der Waals surface area (Å²) in [6, 6.07) is 0. The molecule has 0 heterocycles. The summed E-state index contributed by atoms with van der Waals surface area (Å²) >= 11 is 0. The molecule has 3 saturated carbocycles. The van der Waals surface area contributed by atoms with Gasteiger partial charge in [0.2, 0.25) is 0 Å². The first-order valence-electron chi connectivity index (χ1n) is 13.7. The molecule has 0 bridgehead atoms. The molecule has 4 aliphatic carbocycles. The fourth-order valence-electron chi connectivity index (χ4n) is 9.87. The predicted octanol–water partition coefficient (Wildman–Crippen LogP) is 9.44. The summed E-state index contributed by atoms with van der Waals surface area (Å²) in [5.41, 5.74) is 3.99. The van der Waals surface area contributed by atoms with E-state index in [-0.39, 0.29) is 0 Å². The second-order valence-corrected chi connectivity index (χ2v) is 14.1. The van der Waals surface area contributed by atoms with Crippen LogP contribution in [-0.4, -0.2) is 0 Å². The minimum absolute atomic E-state index is 0.461. The van der Waals surface area contributed by atoms with E-state index < -0.39 is 0 Å². The molecule has 172 valence electrons. The minimum atomic E-state index is 0.461. The van der Waals surface area contributed by atoms with E-state index in [9.17, 15) is 0 Å². The van der Waals surface area contributed by atoms with Crippen LogP contribution in [0.5, 0.6) is 0 Å². The Balaban J connectivity index is 1.60. The van der Waals surface area contributed by atoms with Gasteiger partial charge >= 0.3 is 0 Å². The van der Waals surface area contributed by atoms with E-state index in [1.807, 2.05) is 5.57 Å². The Bertz CT molecular complexity index is 668. The lowest BCUT2D eigenvalue weighted by atomic mass is 9.37. The van der Waals surface area contributed by atoms with Gasteiger partial charge in [-0.3, -0.25) is 0 Å². The molecule has 0 aromatic heterocycles. The van der Waals surface area contributed by atoms with Crippen molar-refractivity contribution in [2.75, 3.05) is 0 Å². The molecule has 0 aromatic carbocycles. The molecule has 3 fully saturated rings. The average molecular weight is 413 g/mol. The van der Waals surface area contributed by atoms with Crippen molar-refractivity contribution in [2.24, 2.45) is 51.2 Å². The summed E-state index contributed by atoms with van der Waals surface area (Å²) in [4.78, 5) is 0. The smallest absolute Gasteiger partial charge is 0.00566 e. The van der Waals surface area contributed by atoms with Crippen molar-refractivity contribution in [1.82, 2.24) is 0 Å². The van der Waals surface area contributed by atoms with Crippen molar-refractivity contribution in [2.45, 2.75) is 126 Å². The van der Waals surface area contributed by atoms with Gasteiger partial charge in [-0.2, -0.15) is 0 Å². The summed E-state index contributed by atoms with van der Waals surface area (Å²) in [5, 5.41) is 0. The zero-order valence-electron chi connectivity index (χ0n) is 21.7. The van der Waals surface area contributed by atoms with Crippen LogP contribution in [0.4, 0.5) is 0 Å². The predicted molar refractivity (Wildman–Crippen MR) is 131 cm³/mol. The van der Waals surface area contributed by atoms with Crippen LogP contribution in [0.2, 0.25) is 0 Å². The first kappa shape index (κ1) is 22.9. The van der Waals surface area contributed by atoms with E-state index >= 15 is 0 Å². The maximum absolute atomic E-state index is 2.82. The van der Waals surface area contributed by atoms with Crippen molar-refractivity contribution >= 4 is 0 Å². The summed E-state index contributed by atoms with van der Waals surface area (Å²) < 4.78 is 0. The highest BCUT2D eigenvalue weighted by atomic mass is 14.7. The Hall–Kier alpha value is -0.260. The summed E-state index contributed by atoms with van der Waals surface area (Å²) in [6.07, 6.45) is 18.7. The molecule has 0 radical (unpaired) electrons. The highest BCUT2D eigenvalue weighted by Crippen LogP contribution is 2.74. The quantitative estimate of drug-likeness (QED) is 0.394. The third-order valence-corrected chi connectivity index (χ3v) is 11.7. The van der Waals surface area contributed by atoms with Gasteiger partial charge in [-0.15, -0.1) is 0 Å². The molecule has 0 aromatic rings. The van der Waals surface area contributed by atoms with Gasteiger partial charge in [0.1, 0.15) is 0 Å². The van der Waals surface area contributed by atoms with Crippen molar-refractivity contribution in [3.63, 3.8) is 0 Å². The van der Waals surface area contributed by atoms with Gasteiger partial charge in [0.15, 0.2) is 0 Å². The third-order valence-electron chi connectivity index (χ3n) is 11.7. The van der Waals surface area contributed by atoms with Crippen LogP contribution < -0.4 is 0 Å². The van der Waals surface area contributed by atoms with Crippen molar-refractivity contribution < 1.29 is 0 Å². The summed E-state index contributed by atoms with van der Waals surface area (Å²) in [7, 11) is 0. The molecule has 4 aliphatic rings. The Morgan fingerprint density at radius 2 is 1.60 bits per heavy atom. The monoisotopic (exact) mass is 412 g/mol. The topological polar surface area (TPSA) is 0 Å². The SMILES string of the molecule is CC(C)CCC[C@@H](C)[C@@H]1CC[C@]2(C)C1=CC[C@@H]1[C@@]3(C)CCCC(C)(C)C3CC[C@]12C. The highest BCUT2D eigenvalue weighted by Gasteiger charge is 2.65. The average Bonchev–Trinajstić information content (AvgIpc) is 2.99. The number of allylic oxidation sites excluding steroid dienone is 2. The Morgan fingerprint density at radius 1 is 0.867 bits per heavy atom. The fraction of sp³-hybridized carbons (Fsp3) is 0.933. The van der Waals surface area contributed by atoms with Gasteiger partial charge in [-0.1, -0.05) is 92.7 Å². The minimum Gasteiger partial charge on any atom is -0.0842 e. The van der Waals surface area contributed by atoms with E-state index in [1.54, 1.807) is 0 Å². The molecular formula is C30H52. The molecule has 0 aliphatic heterocycles. The first-order chi connectivity index (χ1) is 14.0. The lowest BCUT2D eigenvalue weighted by Crippen LogP contribution is -2.60. The zero-order valence-corrected chi connectivity index (χ0v) is 21.7. The molecule has 0 spiro atoms. The van der Waals surface area contributed by atoms with Gasteiger partial charge < -0.3 is 0 Å². The maximum Gasteiger partial charge on any atom is -0.00566 e. The molecule has 30 heavy (non-hydrogen) atoms. The third kappa shape index (κ3) is 3.28. The Kier molecular flexibility index (Phi) is 5.85. The highest BCUT2D eigenvalue weighted by molar-refractivity contribution is 5.32. The van der Waals surface area contributed by atoms with E-state index in [1.165, 1.54) is 70.6 Å². The molecule has 0 saturated heterocycles. The van der Waals surface area contributed by atoms with E-state index in [0.717, 1.165) is 29.6 Å². The van der Waals surface area contributed by atoms with Crippen LogP contribution >= 0.6 is 0 Å². The second kappa shape index (κ2) is 7.66. The maximum atomic E-state index is 2.82. The number of hydrogen-bond donors (Lipinski definition) is 0. The van der Waals surface area contributed by atoms with Crippen LogP contribution in [0.15, 0.2) is 11.6 Å². The van der Waals surface area contributed by atoms with Gasteiger partial charge in [0, 0.05) is 0 Å². The van der Waals surface area contributed by atoms with Crippen molar-refractivity contribution in [3.05, 3.63) is 11.6 Å². The Labute approximate surface area is 189 Å². The van der Waals surface area contributed by atoms with Crippen molar-refractivity contribution in [1.29, 1.82) is 0 Å². The zero-order chi connectivity index (χ0) is 21.9. The molecule has 7 atom stereocenters. The van der Waals surface area contributed by atoms with Gasteiger partial charge in [-0.05, 0) is 96.2 Å². The largest absolute Gasteiger partial charge is 0.0842 e. The molecule has 1 unspecified atom stereocenters. The van der Waals surface area contributed by atoms with Crippen LogP contribution in [0.25, 0.3) is 0 Å². The lowest BCUT2D eigenvalue weighted by Gasteiger charge is -2.67. The standard InChI is InChI=1S/C30H52/c1-21(2)11-9-12-22(3)23-15-19-29(7)24(23)13-14-26-28(6)18-10-17-27(4,5)25(28)16-20-30(26,29)8/h13,21-23,25-26H,9-12,14-20H2,1-8H3/t22-,23+,25?,26-,28+,29-,30-/m1/s1. The van der Waals surface area contributed by atoms with E-state index in [0.29, 0.717) is 21.7 Å². The molecule has 0 N–H and O–H groups in total. The lowest BCUT2D eigenvalue weighted by molar-refractivity contribution is -0.164. The van der Waals surface area contributed by atoms with Crippen LogP contribution in [0.3, 0.4) is 0 Å². The van der Waals surface area contributed by atoms with Gasteiger partial charge in [-0.25, -0.2) is 0 Å². The van der Waals surface area contributed by atoms with Gasteiger partial charge in [0.05, 0.1) is 0 Å².